The van der Waals surface area contributed by atoms with Crippen molar-refractivity contribution < 1.29 is 9.53 Å². The van der Waals surface area contributed by atoms with E-state index in [0.29, 0.717) is 5.02 Å². The Morgan fingerprint density at radius 1 is 1.40 bits per heavy atom. The van der Waals surface area contributed by atoms with E-state index in [4.69, 9.17) is 16.3 Å². The van der Waals surface area contributed by atoms with Crippen molar-refractivity contribution in [3.05, 3.63) is 44.9 Å². The monoisotopic (exact) mass is 310 g/mol. The summed E-state index contributed by atoms with van der Waals surface area (Å²) >= 11 is 7.44. The fourth-order valence-corrected chi connectivity index (χ4v) is 2.66. The molecule has 1 N–H and O–H groups in total. The Hall–Kier alpha value is -1.59. The fraction of sp³-hybridized carbons (Fsp3) is 0.286. The number of aryl methyl sites for hydroxylation is 3. The predicted octanol–water partition coefficient (Wildman–Crippen LogP) is 4.47. The number of ether oxygens (including phenoxy) is 1. The Bertz CT molecular complexity index is 621. The molecule has 1 amide bonds. The fourth-order valence-electron chi connectivity index (χ4n) is 1.71. The van der Waals surface area contributed by atoms with E-state index >= 15 is 0 Å². The van der Waals surface area contributed by atoms with Gasteiger partial charge in [0.1, 0.15) is 6.61 Å². The van der Waals surface area contributed by atoms with Crippen LogP contribution in [-0.2, 0) is 11.3 Å². The lowest BCUT2D eigenvalue weighted by Crippen LogP contribution is -2.14. The molecule has 1 aromatic heterocycles. The van der Waals surface area contributed by atoms with Crippen LogP contribution in [0.5, 0.6) is 0 Å². The number of rotatable bonds is 3. The van der Waals surface area contributed by atoms with E-state index in [0.717, 1.165) is 27.4 Å². The summed E-state index contributed by atoms with van der Waals surface area (Å²) in [6.07, 6.45) is -0.506. The summed E-state index contributed by atoms with van der Waals surface area (Å²) in [4.78, 5) is 12.7. The first-order valence-electron chi connectivity index (χ1n) is 6.09. The first kappa shape index (κ1) is 14.8. The molecule has 0 bridgehead atoms. The highest BCUT2D eigenvalue weighted by atomic mass is 35.5. The number of aromatic nitrogens is 1. The highest BCUT2D eigenvalue weighted by Crippen LogP contribution is 2.23. The van der Waals surface area contributed by atoms with Crippen LogP contribution in [0.4, 0.5) is 10.5 Å². The van der Waals surface area contributed by atoms with Crippen LogP contribution in [0.2, 0.25) is 5.02 Å². The summed E-state index contributed by atoms with van der Waals surface area (Å²) in [5.74, 6) is 0. The van der Waals surface area contributed by atoms with Crippen molar-refractivity contribution in [3.63, 3.8) is 0 Å². The minimum Gasteiger partial charge on any atom is -0.444 e. The molecule has 0 radical (unpaired) electrons. The van der Waals surface area contributed by atoms with Crippen molar-refractivity contribution in [2.45, 2.75) is 27.4 Å². The molecule has 2 rings (SSSR count). The minimum absolute atomic E-state index is 0.139. The summed E-state index contributed by atoms with van der Waals surface area (Å²) in [6.45, 7) is 5.84. The molecule has 20 heavy (non-hydrogen) atoms. The third-order valence-corrected chi connectivity index (χ3v) is 4.02. The molecule has 1 heterocycles. The lowest BCUT2D eigenvalue weighted by atomic mass is 10.2. The number of hydrogen-bond donors (Lipinski definition) is 1. The zero-order valence-electron chi connectivity index (χ0n) is 11.5. The Morgan fingerprint density at radius 2 is 2.15 bits per heavy atom. The van der Waals surface area contributed by atoms with E-state index < -0.39 is 6.09 Å². The Balaban J connectivity index is 1.96. The van der Waals surface area contributed by atoms with Crippen LogP contribution in [0.15, 0.2) is 18.2 Å². The number of amides is 1. The van der Waals surface area contributed by atoms with Crippen molar-refractivity contribution in [1.29, 1.82) is 0 Å². The van der Waals surface area contributed by atoms with Gasteiger partial charge in [-0.05, 0) is 43.9 Å². The van der Waals surface area contributed by atoms with Gasteiger partial charge >= 0.3 is 6.09 Å². The highest BCUT2D eigenvalue weighted by Gasteiger charge is 2.12. The first-order valence-corrected chi connectivity index (χ1v) is 7.24. The van der Waals surface area contributed by atoms with Crippen molar-refractivity contribution in [2.24, 2.45) is 0 Å². The van der Waals surface area contributed by atoms with Crippen LogP contribution in [0.25, 0.3) is 0 Å². The second kappa shape index (κ2) is 6.24. The molecule has 4 nitrogen and oxygen atoms in total. The number of halogens is 1. The zero-order valence-corrected chi connectivity index (χ0v) is 13.1. The van der Waals surface area contributed by atoms with Gasteiger partial charge in [0, 0.05) is 15.5 Å². The van der Waals surface area contributed by atoms with E-state index in [1.165, 1.54) is 11.5 Å². The van der Waals surface area contributed by atoms with Gasteiger partial charge in [0.05, 0.1) is 11.4 Å². The van der Waals surface area contributed by atoms with E-state index in [2.05, 4.69) is 9.69 Å². The molecule has 0 unspecified atom stereocenters. The van der Waals surface area contributed by atoms with Crippen LogP contribution in [0.1, 0.15) is 21.7 Å². The van der Waals surface area contributed by atoms with Gasteiger partial charge in [0.2, 0.25) is 0 Å². The van der Waals surface area contributed by atoms with Crippen LogP contribution >= 0.6 is 23.1 Å². The maximum absolute atomic E-state index is 11.8. The van der Waals surface area contributed by atoms with Crippen molar-refractivity contribution >= 4 is 34.9 Å². The summed E-state index contributed by atoms with van der Waals surface area (Å²) < 4.78 is 9.34. The lowest BCUT2D eigenvalue weighted by Gasteiger charge is -2.08. The van der Waals surface area contributed by atoms with E-state index in [-0.39, 0.29) is 6.61 Å². The standard InChI is InChI=1S/C14H15ClN2O2S/c1-8-4-5-11(12(15)6-8)7-19-14(18)16-13-9(2)17-20-10(13)3/h4-6H,7H2,1-3H3,(H,16,18). The maximum atomic E-state index is 11.8. The molecule has 0 fully saturated rings. The molecule has 1 aromatic carbocycles. The number of carbonyl (C=O) groups excluding carboxylic acids is 1. The second-order valence-electron chi connectivity index (χ2n) is 4.50. The first-order chi connectivity index (χ1) is 9.47. The molecule has 0 aliphatic rings. The number of hydrogen-bond acceptors (Lipinski definition) is 4. The summed E-state index contributed by atoms with van der Waals surface area (Å²) in [7, 11) is 0. The number of benzene rings is 1. The topological polar surface area (TPSA) is 51.2 Å². The Labute approximate surface area is 126 Å². The quantitative estimate of drug-likeness (QED) is 0.910. The van der Waals surface area contributed by atoms with Gasteiger partial charge < -0.3 is 4.74 Å². The van der Waals surface area contributed by atoms with E-state index in [1.807, 2.05) is 39.0 Å². The number of nitrogens with one attached hydrogen (secondary N) is 1. The summed E-state index contributed by atoms with van der Waals surface area (Å²) in [5.41, 5.74) is 3.36. The molecule has 0 atom stereocenters. The van der Waals surface area contributed by atoms with Gasteiger partial charge in [0.15, 0.2) is 0 Å². The largest absolute Gasteiger partial charge is 0.444 e. The average Bonchev–Trinajstić information content (AvgIpc) is 2.69. The Kier molecular flexibility index (Phi) is 4.62. The van der Waals surface area contributed by atoms with Crippen LogP contribution in [-0.4, -0.2) is 10.5 Å². The second-order valence-corrected chi connectivity index (χ2v) is 5.88. The maximum Gasteiger partial charge on any atom is 0.412 e. The predicted molar refractivity (Wildman–Crippen MR) is 81.6 cm³/mol. The van der Waals surface area contributed by atoms with Crippen molar-refractivity contribution in [1.82, 2.24) is 4.37 Å². The van der Waals surface area contributed by atoms with Gasteiger partial charge in [-0.15, -0.1) is 0 Å². The van der Waals surface area contributed by atoms with Crippen molar-refractivity contribution in [2.75, 3.05) is 5.32 Å². The molecular formula is C14H15ClN2O2S. The molecule has 0 spiro atoms. The highest BCUT2D eigenvalue weighted by molar-refractivity contribution is 7.06. The number of carbonyl (C=O) groups is 1. The van der Waals surface area contributed by atoms with Gasteiger partial charge in [0.25, 0.3) is 0 Å². The molecule has 0 saturated heterocycles. The SMILES string of the molecule is Cc1ccc(COC(=O)Nc2c(C)nsc2C)c(Cl)c1. The molecular weight excluding hydrogens is 296 g/mol. The molecule has 0 aliphatic carbocycles. The number of anilines is 1. The summed E-state index contributed by atoms with van der Waals surface area (Å²) in [5, 5.41) is 3.30. The van der Waals surface area contributed by atoms with Crippen LogP contribution in [0, 0.1) is 20.8 Å². The zero-order chi connectivity index (χ0) is 14.7. The average molecular weight is 311 g/mol. The van der Waals surface area contributed by atoms with E-state index in [1.54, 1.807) is 0 Å². The van der Waals surface area contributed by atoms with Crippen molar-refractivity contribution in [3.8, 4) is 0 Å². The normalized spacial score (nSPS) is 10.4. The van der Waals surface area contributed by atoms with Gasteiger partial charge in [-0.3, -0.25) is 5.32 Å². The molecule has 2 aromatic rings. The summed E-state index contributed by atoms with van der Waals surface area (Å²) in [6, 6.07) is 5.63. The van der Waals surface area contributed by atoms with Gasteiger partial charge in [-0.25, -0.2) is 4.79 Å². The number of nitrogens with zero attached hydrogens (tertiary/aromatic N) is 1. The molecule has 106 valence electrons. The van der Waals surface area contributed by atoms with E-state index in [9.17, 15) is 4.79 Å². The Morgan fingerprint density at radius 3 is 2.75 bits per heavy atom. The molecule has 0 aliphatic heterocycles. The molecule has 0 saturated carbocycles. The van der Waals surface area contributed by atoms with Gasteiger partial charge in [-0.2, -0.15) is 4.37 Å². The molecule has 6 heteroatoms. The third kappa shape index (κ3) is 3.49. The minimum atomic E-state index is -0.506. The lowest BCUT2D eigenvalue weighted by molar-refractivity contribution is 0.155. The smallest absolute Gasteiger partial charge is 0.412 e. The third-order valence-electron chi connectivity index (χ3n) is 2.83. The van der Waals surface area contributed by atoms with Crippen LogP contribution in [0.3, 0.4) is 0 Å². The van der Waals surface area contributed by atoms with Gasteiger partial charge in [-0.1, -0.05) is 23.7 Å². The van der Waals surface area contributed by atoms with Crippen LogP contribution < -0.4 is 5.32 Å².